The Kier molecular flexibility index (Phi) is 3.94. The molecule has 1 aromatic carbocycles. The summed E-state index contributed by atoms with van der Waals surface area (Å²) in [6.45, 7) is 3.67. The molecule has 20 heavy (non-hydrogen) atoms. The van der Waals surface area contributed by atoms with Gasteiger partial charge in [0.2, 0.25) is 5.91 Å². The molecule has 0 saturated carbocycles. The summed E-state index contributed by atoms with van der Waals surface area (Å²) in [5.41, 5.74) is 6.27. The van der Waals surface area contributed by atoms with Gasteiger partial charge in [0, 0.05) is 11.8 Å². The third kappa shape index (κ3) is 3.08. The van der Waals surface area contributed by atoms with E-state index < -0.39 is 5.54 Å². The molecular weight excluding hydrogens is 258 g/mol. The van der Waals surface area contributed by atoms with Gasteiger partial charge in [0.1, 0.15) is 5.75 Å². The molecule has 108 valence electrons. The smallest absolute Gasteiger partial charge is 0.262 e. The van der Waals surface area contributed by atoms with Crippen LogP contribution >= 0.6 is 0 Å². The Bertz CT molecular complexity index is 540. The van der Waals surface area contributed by atoms with E-state index in [4.69, 9.17) is 10.5 Å². The highest BCUT2D eigenvalue weighted by molar-refractivity contribution is 5.99. The zero-order valence-electron chi connectivity index (χ0n) is 11.7. The summed E-state index contributed by atoms with van der Waals surface area (Å²) in [7, 11) is 0. The Balaban J connectivity index is 2.11. The maximum absolute atomic E-state index is 12.1. The molecule has 6 nitrogen and oxygen atoms in total. The molecule has 1 atom stereocenters. The molecule has 1 heterocycles. The normalized spacial score (nSPS) is 16.4. The van der Waals surface area contributed by atoms with Crippen LogP contribution in [0, 0.1) is 0 Å². The molecule has 2 amide bonds. The number of rotatable bonds is 4. The number of anilines is 2. The zero-order chi connectivity index (χ0) is 14.8. The van der Waals surface area contributed by atoms with Crippen LogP contribution in [0.2, 0.25) is 0 Å². The Morgan fingerprint density at radius 3 is 3.00 bits per heavy atom. The van der Waals surface area contributed by atoms with Crippen LogP contribution in [0.1, 0.15) is 26.7 Å². The van der Waals surface area contributed by atoms with Gasteiger partial charge in [-0.25, -0.2) is 0 Å². The molecule has 0 saturated heterocycles. The first kappa shape index (κ1) is 14.3. The van der Waals surface area contributed by atoms with Crippen LogP contribution in [-0.2, 0) is 9.59 Å². The van der Waals surface area contributed by atoms with Crippen molar-refractivity contribution in [2.45, 2.75) is 32.2 Å². The molecule has 0 aromatic heterocycles. The van der Waals surface area contributed by atoms with Gasteiger partial charge in [0.05, 0.1) is 11.2 Å². The molecule has 0 fully saturated rings. The van der Waals surface area contributed by atoms with Gasteiger partial charge in [0.15, 0.2) is 6.61 Å². The van der Waals surface area contributed by atoms with Crippen molar-refractivity contribution in [2.24, 2.45) is 5.73 Å². The lowest BCUT2D eigenvalue weighted by atomic mass is 9.96. The SMILES string of the molecule is CCCC(C)(N)C(=O)Nc1ccc2c(c1)OCC(=O)N2. The minimum absolute atomic E-state index is 0.0190. The number of ether oxygens (including phenoxy) is 1. The Labute approximate surface area is 117 Å². The van der Waals surface area contributed by atoms with Gasteiger partial charge in [-0.15, -0.1) is 0 Å². The standard InChI is InChI=1S/C14H19N3O3/c1-3-6-14(2,15)13(19)16-9-4-5-10-11(7-9)20-8-12(18)17-10/h4-5,7H,3,6,8,15H2,1-2H3,(H,16,19)(H,17,18). The van der Waals surface area contributed by atoms with Crippen LogP contribution in [0.15, 0.2) is 18.2 Å². The molecule has 1 aromatic rings. The van der Waals surface area contributed by atoms with Crippen molar-refractivity contribution in [3.63, 3.8) is 0 Å². The number of fused-ring (bicyclic) bond motifs is 1. The number of carbonyl (C=O) groups is 2. The molecular formula is C14H19N3O3. The second-order valence-electron chi connectivity index (χ2n) is 5.17. The van der Waals surface area contributed by atoms with Crippen molar-refractivity contribution in [3.05, 3.63) is 18.2 Å². The largest absolute Gasteiger partial charge is 0.482 e. The molecule has 1 aliphatic rings. The predicted octanol–water partition coefficient (Wildman–Crippen LogP) is 1.47. The Morgan fingerprint density at radius 1 is 1.55 bits per heavy atom. The third-order valence-electron chi connectivity index (χ3n) is 3.16. The summed E-state index contributed by atoms with van der Waals surface area (Å²) in [4.78, 5) is 23.3. The second kappa shape index (κ2) is 5.50. The summed E-state index contributed by atoms with van der Waals surface area (Å²) in [5.74, 6) is 0.113. The van der Waals surface area contributed by atoms with E-state index in [2.05, 4.69) is 10.6 Å². The van der Waals surface area contributed by atoms with Crippen molar-refractivity contribution in [1.82, 2.24) is 0 Å². The highest BCUT2D eigenvalue weighted by atomic mass is 16.5. The number of benzene rings is 1. The maximum atomic E-state index is 12.1. The fourth-order valence-corrected chi connectivity index (χ4v) is 2.06. The highest BCUT2D eigenvalue weighted by Crippen LogP contribution is 2.30. The topological polar surface area (TPSA) is 93.5 Å². The van der Waals surface area contributed by atoms with E-state index in [1.165, 1.54) is 0 Å². The lowest BCUT2D eigenvalue weighted by Gasteiger charge is -2.24. The summed E-state index contributed by atoms with van der Waals surface area (Å²) in [6.07, 6.45) is 1.44. The molecule has 1 aliphatic heterocycles. The fourth-order valence-electron chi connectivity index (χ4n) is 2.06. The van der Waals surface area contributed by atoms with E-state index >= 15 is 0 Å². The summed E-state index contributed by atoms with van der Waals surface area (Å²) < 4.78 is 5.30. The van der Waals surface area contributed by atoms with Crippen LogP contribution in [0.5, 0.6) is 5.75 Å². The quantitative estimate of drug-likeness (QED) is 0.777. The van der Waals surface area contributed by atoms with Crippen LogP contribution in [0.25, 0.3) is 0 Å². The number of nitrogens with one attached hydrogen (secondary N) is 2. The van der Waals surface area contributed by atoms with E-state index in [1.807, 2.05) is 6.92 Å². The first-order chi connectivity index (χ1) is 9.42. The summed E-state index contributed by atoms with van der Waals surface area (Å²) in [5, 5.41) is 5.46. The third-order valence-corrected chi connectivity index (χ3v) is 3.16. The number of hydrogen-bond acceptors (Lipinski definition) is 4. The molecule has 4 N–H and O–H groups in total. The maximum Gasteiger partial charge on any atom is 0.262 e. The minimum atomic E-state index is -0.903. The molecule has 1 unspecified atom stereocenters. The highest BCUT2D eigenvalue weighted by Gasteiger charge is 2.27. The lowest BCUT2D eigenvalue weighted by molar-refractivity contribution is -0.121. The number of carbonyl (C=O) groups excluding carboxylic acids is 2. The van der Waals surface area contributed by atoms with Gasteiger partial charge < -0.3 is 21.1 Å². The van der Waals surface area contributed by atoms with Gasteiger partial charge in [0.25, 0.3) is 5.91 Å². The van der Waals surface area contributed by atoms with E-state index in [-0.39, 0.29) is 18.4 Å². The second-order valence-corrected chi connectivity index (χ2v) is 5.17. The fraction of sp³-hybridized carbons (Fsp3) is 0.429. The van der Waals surface area contributed by atoms with Gasteiger partial charge in [-0.2, -0.15) is 0 Å². The van der Waals surface area contributed by atoms with E-state index in [0.717, 1.165) is 6.42 Å². The molecule has 2 rings (SSSR count). The van der Waals surface area contributed by atoms with Crippen molar-refractivity contribution in [2.75, 3.05) is 17.2 Å². The van der Waals surface area contributed by atoms with E-state index in [1.54, 1.807) is 25.1 Å². The zero-order valence-corrected chi connectivity index (χ0v) is 11.7. The van der Waals surface area contributed by atoms with Gasteiger partial charge in [-0.05, 0) is 25.5 Å². The average molecular weight is 277 g/mol. The lowest BCUT2D eigenvalue weighted by Crippen LogP contribution is -2.48. The number of nitrogens with two attached hydrogens (primary N) is 1. The molecule has 0 aliphatic carbocycles. The number of amides is 2. The van der Waals surface area contributed by atoms with Gasteiger partial charge in [-0.3, -0.25) is 9.59 Å². The van der Waals surface area contributed by atoms with E-state index in [9.17, 15) is 9.59 Å². The van der Waals surface area contributed by atoms with Crippen LogP contribution in [0.4, 0.5) is 11.4 Å². The van der Waals surface area contributed by atoms with Crippen molar-refractivity contribution in [1.29, 1.82) is 0 Å². The molecule has 0 spiro atoms. The van der Waals surface area contributed by atoms with Crippen molar-refractivity contribution < 1.29 is 14.3 Å². The van der Waals surface area contributed by atoms with Crippen LogP contribution < -0.4 is 21.1 Å². The van der Waals surface area contributed by atoms with Crippen LogP contribution in [-0.4, -0.2) is 24.0 Å². The average Bonchev–Trinajstić information content (AvgIpc) is 2.39. The van der Waals surface area contributed by atoms with E-state index in [0.29, 0.717) is 23.5 Å². The Hall–Kier alpha value is -2.08. The molecule has 0 bridgehead atoms. The Morgan fingerprint density at radius 2 is 2.30 bits per heavy atom. The van der Waals surface area contributed by atoms with Crippen molar-refractivity contribution >= 4 is 23.2 Å². The predicted molar refractivity (Wildman–Crippen MR) is 76.7 cm³/mol. The van der Waals surface area contributed by atoms with Gasteiger partial charge in [-0.1, -0.05) is 13.3 Å². The van der Waals surface area contributed by atoms with Gasteiger partial charge >= 0.3 is 0 Å². The molecule has 0 radical (unpaired) electrons. The minimum Gasteiger partial charge on any atom is -0.482 e. The summed E-state index contributed by atoms with van der Waals surface area (Å²) >= 11 is 0. The monoisotopic (exact) mass is 277 g/mol. The molecule has 6 heteroatoms. The van der Waals surface area contributed by atoms with Crippen LogP contribution in [0.3, 0.4) is 0 Å². The number of hydrogen-bond donors (Lipinski definition) is 3. The summed E-state index contributed by atoms with van der Waals surface area (Å²) in [6, 6.07) is 5.07. The van der Waals surface area contributed by atoms with Crippen molar-refractivity contribution in [3.8, 4) is 5.75 Å². The first-order valence-corrected chi connectivity index (χ1v) is 6.59. The first-order valence-electron chi connectivity index (χ1n) is 6.59.